The number of amides is 1. The van der Waals surface area contributed by atoms with Gasteiger partial charge >= 0.3 is 18.0 Å². The third kappa shape index (κ3) is 9.18. The molecule has 30 heavy (non-hydrogen) atoms. The minimum absolute atomic E-state index is 0.0747. The normalized spacial score (nSPS) is 23.0. The number of nitrogens with one attached hydrogen (secondary N) is 1. The quantitative estimate of drug-likeness (QED) is 0.231. The Balaban J connectivity index is 1.43. The molecule has 0 aromatic rings. The molecule has 2 saturated carbocycles. The SMILES string of the molecule is C=C(C)C(=O)OCCNC(=O)OCCCCCC(=O)OC1CCC2CCCCC2C1. The Morgan fingerprint density at radius 1 is 0.933 bits per heavy atom. The Bertz CT molecular complexity index is 590. The summed E-state index contributed by atoms with van der Waals surface area (Å²) in [7, 11) is 0. The highest BCUT2D eigenvalue weighted by Gasteiger charge is 2.33. The van der Waals surface area contributed by atoms with Crippen molar-refractivity contribution in [1.29, 1.82) is 0 Å². The summed E-state index contributed by atoms with van der Waals surface area (Å²) >= 11 is 0. The van der Waals surface area contributed by atoms with Gasteiger partial charge in [-0.1, -0.05) is 32.3 Å². The summed E-state index contributed by atoms with van der Waals surface area (Å²) in [5, 5.41) is 2.51. The van der Waals surface area contributed by atoms with E-state index in [-0.39, 0.29) is 31.8 Å². The van der Waals surface area contributed by atoms with Gasteiger partial charge in [0.15, 0.2) is 0 Å². The van der Waals surface area contributed by atoms with Crippen molar-refractivity contribution in [3.05, 3.63) is 12.2 Å². The summed E-state index contributed by atoms with van der Waals surface area (Å²) in [5.74, 6) is 1.03. The monoisotopic (exact) mass is 423 g/mol. The molecule has 0 aliphatic heterocycles. The van der Waals surface area contributed by atoms with E-state index >= 15 is 0 Å². The fraction of sp³-hybridized carbons (Fsp3) is 0.783. The van der Waals surface area contributed by atoms with Crippen molar-refractivity contribution >= 4 is 18.0 Å². The molecule has 7 nitrogen and oxygen atoms in total. The van der Waals surface area contributed by atoms with E-state index < -0.39 is 12.1 Å². The van der Waals surface area contributed by atoms with E-state index in [1.807, 2.05) is 0 Å². The third-order valence-corrected chi connectivity index (χ3v) is 6.00. The lowest BCUT2D eigenvalue weighted by atomic mass is 9.70. The van der Waals surface area contributed by atoms with Crippen LogP contribution in [0.5, 0.6) is 0 Å². The lowest BCUT2D eigenvalue weighted by molar-refractivity contribution is -0.152. The topological polar surface area (TPSA) is 90.9 Å². The zero-order chi connectivity index (χ0) is 21.8. The number of carbonyl (C=O) groups excluding carboxylic acids is 3. The number of unbranched alkanes of at least 4 members (excludes halogenated alkanes) is 2. The number of hydrogen-bond donors (Lipinski definition) is 1. The van der Waals surface area contributed by atoms with Crippen LogP contribution in [0.2, 0.25) is 0 Å². The molecule has 170 valence electrons. The minimum atomic E-state index is -0.543. The Morgan fingerprint density at radius 2 is 1.70 bits per heavy atom. The lowest BCUT2D eigenvalue weighted by Crippen LogP contribution is -2.32. The molecular weight excluding hydrogens is 386 g/mol. The predicted molar refractivity (Wildman–Crippen MR) is 113 cm³/mol. The summed E-state index contributed by atoms with van der Waals surface area (Å²) in [6.45, 7) is 5.58. The third-order valence-electron chi connectivity index (χ3n) is 6.00. The van der Waals surface area contributed by atoms with Crippen LogP contribution in [-0.2, 0) is 23.8 Å². The molecule has 2 aliphatic carbocycles. The van der Waals surface area contributed by atoms with E-state index in [0.29, 0.717) is 18.4 Å². The molecule has 2 aliphatic rings. The molecule has 0 bridgehead atoms. The van der Waals surface area contributed by atoms with E-state index in [0.717, 1.165) is 37.5 Å². The van der Waals surface area contributed by atoms with Gasteiger partial charge in [-0.05, 0) is 57.3 Å². The zero-order valence-electron chi connectivity index (χ0n) is 18.3. The van der Waals surface area contributed by atoms with Crippen LogP contribution in [0, 0.1) is 11.8 Å². The number of rotatable bonds is 11. The van der Waals surface area contributed by atoms with Gasteiger partial charge < -0.3 is 19.5 Å². The highest BCUT2D eigenvalue weighted by molar-refractivity contribution is 5.86. The average Bonchev–Trinajstić information content (AvgIpc) is 2.73. The van der Waals surface area contributed by atoms with Crippen molar-refractivity contribution < 1.29 is 28.6 Å². The predicted octanol–water partition coefficient (Wildman–Crippen LogP) is 4.29. The number of hydrogen-bond acceptors (Lipinski definition) is 6. The van der Waals surface area contributed by atoms with Crippen LogP contribution in [0.1, 0.15) is 77.6 Å². The second-order valence-electron chi connectivity index (χ2n) is 8.52. The Kier molecular flexibility index (Phi) is 10.7. The number of ether oxygens (including phenoxy) is 3. The maximum Gasteiger partial charge on any atom is 0.407 e. The number of carbonyl (C=O) groups is 3. The second-order valence-corrected chi connectivity index (χ2v) is 8.52. The fourth-order valence-corrected chi connectivity index (χ4v) is 4.37. The van der Waals surface area contributed by atoms with Crippen molar-refractivity contribution in [2.24, 2.45) is 11.8 Å². The van der Waals surface area contributed by atoms with E-state index in [1.165, 1.54) is 32.1 Å². The highest BCUT2D eigenvalue weighted by atomic mass is 16.6. The van der Waals surface area contributed by atoms with Crippen molar-refractivity contribution in [3.63, 3.8) is 0 Å². The van der Waals surface area contributed by atoms with E-state index in [4.69, 9.17) is 14.2 Å². The smallest absolute Gasteiger partial charge is 0.407 e. The maximum absolute atomic E-state index is 12.1. The zero-order valence-corrected chi connectivity index (χ0v) is 18.3. The molecule has 2 rings (SSSR count). The molecule has 0 saturated heterocycles. The molecule has 0 heterocycles. The standard InChI is InChI=1S/C23H37NO6/c1-17(2)22(26)28-15-13-24-23(27)29-14-7-3-4-10-21(25)30-20-12-11-18-8-5-6-9-19(18)16-20/h18-20H,1,3-16H2,2H3,(H,24,27). The van der Waals surface area contributed by atoms with Gasteiger partial charge in [-0.25, -0.2) is 9.59 Å². The van der Waals surface area contributed by atoms with Crippen molar-refractivity contribution in [2.75, 3.05) is 19.8 Å². The molecule has 0 spiro atoms. The molecule has 3 atom stereocenters. The van der Waals surface area contributed by atoms with Gasteiger partial charge in [0.25, 0.3) is 0 Å². The van der Waals surface area contributed by atoms with Gasteiger partial charge in [-0.2, -0.15) is 0 Å². The second kappa shape index (κ2) is 13.3. The van der Waals surface area contributed by atoms with E-state index in [9.17, 15) is 14.4 Å². The first-order valence-corrected chi connectivity index (χ1v) is 11.4. The van der Waals surface area contributed by atoms with Gasteiger partial charge in [-0.15, -0.1) is 0 Å². The maximum atomic E-state index is 12.1. The average molecular weight is 424 g/mol. The van der Waals surface area contributed by atoms with Gasteiger partial charge in [-0.3, -0.25) is 4.79 Å². The first-order valence-electron chi connectivity index (χ1n) is 11.4. The van der Waals surface area contributed by atoms with Crippen LogP contribution in [0.4, 0.5) is 4.79 Å². The van der Waals surface area contributed by atoms with E-state index in [1.54, 1.807) is 6.92 Å². The highest BCUT2D eigenvalue weighted by Crippen LogP contribution is 2.41. The Hall–Kier alpha value is -2.05. The van der Waals surface area contributed by atoms with Gasteiger partial charge in [0, 0.05) is 12.0 Å². The van der Waals surface area contributed by atoms with E-state index in [2.05, 4.69) is 11.9 Å². The van der Waals surface area contributed by atoms with Crippen LogP contribution >= 0.6 is 0 Å². The molecule has 0 aromatic heterocycles. The molecule has 0 aromatic carbocycles. The lowest BCUT2D eigenvalue weighted by Gasteiger charge is -2.38. The van der Waals surface area contributed by atoms with Crippen LogP contribution in [-0.4, -0.2) is 43.9 Å². The molecule has 7 heteroatoms. The van der Waals surface area contributed by atoms with Crippen molar-refractivity contribution in [2.45, 2.75) is 83.7 Å². The summed E-state index contributed by atoms with van der Waals surface area (Å²) in [4.78, 5) is 34.8. The largest absolute Gasteiger partial charge is 0.462 e. The van der Waals surface area contributed by atoms with Crippen LogP contribution in [0.3, 0.4) is 0 Å². The summed E-state index contributed by atoms with van der Waals surface area (Å²) in [6.07, 6.45) is 10.8. The Morgan fingerprint density at radius 3 is 2.47 bits per heavy atom. The molecular formula is C23H37NO6. The summed E-state index contributed by atoms with van der Waals surface area (Å²) < 4.78 is 15.6. The van der Waals surface area contributed by atoms with Crippen LogP contribution < -0.4 is 5.32 Å². The van der Waals surface area contributed by atoms with Gasteiger partial charge in [0.1, 0.15) is 12.7 Å². The number of alkyl carbamates (subject to hydrolysis) is 1. The number of esters is 2. The fourth-order valence-electron chi connectivity index (χ4n) is 4.37. The van der Waals surface area contributed by atoms with Gasteiger partial charge in [0.05, 0.1) is 13.2 Å². The van der Waals surface area contributed by atoms with Gasteiger partial charge in [0.2, 0.25) is 0 Å². The van der Waals surface area contributed by atoms with Crippen molar-refractivity contribution in [3.8, 4) is 0 Å². The Labute approximate surface area is 179 Å². The number of fused-ring (bicyclic) bond motifs is 1. The molecule has 0 radical (unpaired) electrons. The molecule has 2 fully saturated rings. The van der Waals surface area contributed by atoms with Crippen molar-refractivity contribution in [1.82, 2.24) is 5.32 Å². The first-order chi connectivity index (χ1) is 14.5. The summed E-state index contributed by atoms with van der Waals surface area (Å²) in [6, 6.07) is 0. The van der Waals surface area contributed by atoms with Crippen LogP contribution in [0.15, 0.2) is 12.2 Å². The van der Waals surface area contributed by atoms with Crippen LogP contribution in [0.25, 0.3) is 0 Å². The molecule has 1 N–H and O–H groups in total. The molecule has 1 amide bonds. The summed E-state index contributed by atoms with van der Waals surface area (Å²) in [5.41, 5.74) is 0.318. The first kappa shape index (κ1) is 24.2. The minimum Gasteiger partial charge on any atom is -0.462 e. The molecule has 3 unspecified atom stereocenters.